The lowest BCUT2D eigenvalue weighted by Crippen LogP contribution is -2.23. The number of hydrogen-bond donors (Lipinski definition) is 3. The van der Waals surface area contributed by atoms with Gasteiger partial charge >= 0.3 is 0 Å². The van der Waals surface area contributed by atoms with Crippen LogP contribution in [-0.2, 0) is 6.42 Å². The fraction of sp³-hybridized carbons (Fsp3) is 0.138. The van der Waals surface area contributed by atoms with Gasteiger partial charge in [0.05, 0.1) is 28.4 Å². The number of amides is 2. The van der Waals surface area contributed by atoms with E-state index in [4.69, 9.17) is 32.9 Å². The SMILES string of the molecule is CCc1[nH]c(-c2ccc(NC(=O)c3c(Cl)cccc3Cl)cc2)nc1/C=C\CNC(=O)c1ccc(OC)cc1. The van der Waals surface area contributed by atoms with Crippen molar-refractivity contribution in [1.82, 2.24) is 15.3 Å². The summed E-state index contributed by atoms with van der Waals surface area (Å²) >= 11 is 12.3. The molecule has 0 fully saturated rings. The number of rotatable bonds is 9. The molecule has 0 saturated carbocycles. The van der Waals surface area contributed by atoms with Crippen LogP contribution in [-0.4, -0.2) is 35.4 Å². The van der Waals surface area contributed by atoms with Crippen molar-refractivity contribution in [2.75, 3.05) is 19.0 Å². The summed E-state index contributed by atoms with van der Waals surface area (Å²) < 4.78 is 5.12. The predicted molar refractivity (Wildman–Crippen MR) is 152 cm³/mol. The highest BCUT2D eigenvalue weighted by Crippen LogP contribution is 2.26. The molecule has 0 radical (unpaired) electrons. The van der Waals surface area contributed by atoms with Crippen molar-refractivity contribution >= 4 is 46.8 Å². The van der Waals surface area contributed by atoms with Gasteiger partial charge in [0, 0.05) is 29.1 Å². The molecule has 7 nitrogen and oxygen atoms in total. The van der Waals surface area contributed by atoms with Crippen LogP contribution in [0.4, 0.5) is 5.69 Å². The summed E-state index contributed by atoms with van der Waals surface area (Å²) in [7, 11) is 1.58. The van der Waals surface area contributed by atoms with Gasteiger partial charge in [0.25, 0.3) is 11.8 Å². The van der Waals surface area contributed by atoms with Gasteiger partial charge in [0.1, 0.15) is 11.6 Å². The Bertz CT molecular complexity index is 1440. The zero-order chi connectivity index (χ0) is 27.1. The summed E-state index contributed by atoms with van der Waals surface area (Å²) in [4.78, 5) is 33.0. The van der Waals surface area contributed by atoms with Gasteiger partial charge in [-0.1, -0.05) is 42.3 Å². The third kappa shape index (κ3) is 6.43. The second-order valence-electron chi connectivity index (χ2n) is 8.27. The molecule has 0 atom stereocenters. The molecule has 1 heterocycles. The number of halogens is 2. The van der Waals surface area contributed by atoms with E-state index in [1.54, 1.807) is 61.7 Å². The molecule has 0 spiro atoms. The topological polar surface area (TPSA) is 96.1 Å². The summed E-state index contributed by atoms with van der Waals surface area (Å²) in [5.41, 5.74) is 4.03. The number of methoxy groups -OCH3 is 1. The molecular formula is C29H26Cl2N4O3. The van der Waals surface area contributed by atoms with E-state index in [2.05, 4.69) is 15.6 Å². The average Bonchev–Trinajstić information content (AvgIpc) is 3.34. The summed E-state index contributed by atoms with van der Waals surface area (Å²) in [5.74, 6) is 0.853. The van der Waals surface area contributed by atoms with Crippen LogP contribution >= 0.6 is 23.2 Å². The Balaban J connectivity index is 1.39. The molecule has 4 aromatic rings. The molecular weight excluding hydrogens is 523 g/mol. The number of carbonyl (C=O) groups excluding carboxylic acids is 2. The number of imidazole rings is 1. The Hall–Kier alpha value is -4.07. The number of ether oxygens (including phenoxy) is 1. The van der Waals surface area contributed by atoms with Crippen molar-refractivity contribution in [1.29, 1.82) is 0 Å². The Labute approximate surface area is 230 Å². The molecule has 0 saturated heterocycles. The molecule has 2 amide bonds. The van der Waals surface area contributed by atoms with Crippen LogP contribution in [0.5, 0.6) is 5.75 Å². The van der Waals surface area contributed by atoms with Gasteiger partial charge in [-0.2, -0.15) is 0 Å². The van der Waals surface area contributed by atoms with Gasteiger partial charge in [-0.05, 0) is 73.2 Å². The summed E-state index contributed by atoms with van der Waals surface area (Å²) in [6, 6.07) is 19.2. The van der Waals surface area contributed by atoms with Crippen LogP contribution in [0.2, 0.25) is 10.0 Å². The summed E-state index contributed by atoms with van der Waals surface area (Å²) in [5, 5.41) is 6.26. The number of H-pyrrole nitrogens is 1. The molecule has 1 aromatic heterocycles. The van der Waals surface area contributed by atoms with E-state index < -0.39 is 0 Å². The van der Waals surface area contributed by atoms with E-state index in [1.807, 2.05) is 31.2 Å². The lowest BCUT2D eigenvalue weighted by Gasteiger charge is -2.09. The molecule has 3 N–H and O–H groups in total. The van der Waals surface area contributed by atoms with Crippen molar-refractivity contribution in [2.24, 2.45) is 0 Å². The molecule has 0 aliphatic rings. The number of nitrogens with zero attached hydrogens (tertiary/aromatic N) is 1. The van der Waals surface area contributed by atoms with Crippen molar-refractivity contribution < 1.29 is 14.3 Å². The van der Waals surface area contributed by atoms with E-state index in [1.165, 1.54) is 0 Å². The number of anilines is 1. The largest absolute Gasteiger partial charge is 0.497 e. The van der Waals surface area contributed by atoms with Gasteiger partial charge < -0.3 is 20.4 Å². The predicted octanol–water partition coefficient (Wildman–Crippen LogP) is 6.65. The molecule has 0 aliphatic carbocycles. The minimum Gasteiger partial charge on any atom is -0.497 e. The van der Waals surface area contributed by atoms with Crippen molar-refractivity contribution in [2.45, 2.75) is 13.3 Å². The van der Waals surface area contributed by atoms with E-state index in [-0.39, 0.29) is 27.4 Å². The fourth-order valence-corrected chi connectivity index (χ4v) is 4.32. The fourth-order valence-electron chi connectivity index (χ4n) is 3.75. The monoisotopic (exact) mass is 548 g/mol. The Morgan fingerprint density at radius 1 is 0.974 bits per heavy atom. The molecule has 0 unspecified atom stereocenters. The van der Waals surface area contributed by atoms with Gasteiger partial charge in [-0.15, -0.1) is 0 Å². The van der Waals surface area contributed by atoms with Crippen LogP contribution in [0.1, 0.15) is 39.0 Å². The molecule has 4 rings (SSSR count). The smallest absolute Gasteiger partial charge is 0.258 e. The van der Waals surface area contributed by atoms with Gasteiger partial charge in [0.2, 0.25) is 0 Å². The number of hydrogen-bond acceptors (Lipinski definition) is 4. The van der Waals surface area contributed by atoms with Crippen molar-refractivity contribution in [3.05, 3.63) is 105 Å². The zero-order valence-electron chi connectivity index (χ0n) is 20.8. The molecule has 38 heavy (non-hydrogen) atoms. The summed E-state index contributed by atoms with van der Waals surface area (Å²) in [6.45, 7) is 2.40. The van der Waals surface area contributed by atoms with Crippen LogP contribution < -0.4 is 15.4 Å². The second-order valence-corrected chi connectivity index (χ2v) is 9.09. The van der Waals surface area contributed by atoms with Gasteiger partial charge in [0.15, 0.2) is 0 Å². The number of nitrogens with one attached hydrogen (secondary N) is 3. The zero-order valence-corrected chi connectivity index (χ0v) is 22.4. The summed E-state index contributed by atoms with van der Waals surface area (Å²) in [6.07, 6.45) is 4.51. The molecule has 0 bridgehead atoms. The molecule has 0 aliphatic heterocycles. The van der Waals surface area contributed by atoms with Gasteiger partial charge in [-0.3, -0.25) is 9.59 Å². The third-order valence-electron chi connectivity index (χ3n) is 5.78. The number of aromatic amines is 1. The molecule has 3 aromatic carbocycles. The quantitative estimate of drug-likeness (QED) is 0.218. The highest BCUT2D eigenvalue weighted by Gasteiger charge is 2.15. The van der Waals surface area contributed by atoms with E-state index in [0.29, 0.717) is 29.4 Å². The Kier molecular flexibility index (Phi) is 8.84. The van der Waals surface area contributed by atoms with Crippen LogP contribution in [0.3, 0.4) is 0 Å². The highest BCUT2D eigenvalue weighted by atomic mass is 35.5. The lowest BCUT2D eigenvalue weighted by molar-refractivity contribution is 0.0957. The molecule has 194 valence electrons. The first kappa shape index (κ1) is 27.0. The standard InChI is InChI=1S/C29H26Cl2N4O3/c1-3-24-25(8-5-17-32-28(36)19-11-15-21(38-2)16-12-19)35-27(34-24)18-9-13-20(14-10-18)33-29(37)26-22(30)6-4-7-23(26)31/h4-16H,3,17H2,1-2H3,(H,32,36)(H,33,37)(H,34,35)/b8-5-. The Morgan fingerprint density at radius 3 is 2.29 bits per heavy atom. The first-order chi connectivity index (χ1) is 18.4. The van der Waals surface area contributed by atoms with Gasteiger partial charge in [-0.25, -0.2) is 4.98 Å². The number of aromatic nitrogens is 2. The minimum atomic E-state index is -0.383. The van der Waals surface area contributed by atoms with Crippen molar-refractivity contribution in [3.63, 3.8) is 0 Å². The van der Waals surface area contributed by atoms with Crippen LogP contribution in [0, 0.1) is 0 Å². The van der Waals surface area contributed by atoms with Crippen molar-refractivity contribution in [3.8, 4) is 17.1 Å². The first-order valence-electron chi connectivity index (χ1n) is 11.9. The number of carbonyl (C=O) groups is 2. The van der Waals surface area contributed by atoms with Crippen LogP contribution in [0.15, 0.2) is 72.8 Å². The highest BCUT2D eigenvalue weighted by molar-refractivity contribution is 6.40. The van der Waals surface area contributed by atoms with E-state index in [0.717, 1.165) is 23.4 Å². The first-order valence-corrected chi connectivity index (χ1v) is 12.7. The third-order valence-corrected chi connectivity index (χ3v) is 6.41. The minimum absolute atomic E-state index is 0.167. The number of aryl methyl sites for hydroxylation is 1. The van der Waals surface area contributed by atoms with E-state index >= 15 is 0 Å². The second kappa shape index (κ2) is 12.4. The van der Waals surface area contributed by atoms with E-state index in [9.17, 15) is 9.59 Å². The number of benzene rings is 3. The lowest BCUT2D eigenvalue weighted by atomic mass is 10.1. The maximum Gasteiger partial charge on any atom is 0.258 e. The average molecular weight is 549 g/mol. The normalized spacial score (nSPS) is 10.9. The maximum atomic E-state index is 12.6. The van der Waals surface area contributed by atoms with Crippen LogP contribution in [0.25, 0.3) is 17.5 Å². The Morgan fingerprint density at radius 2 is 1.66 bits per heavy atom. The maximum absolute atomic E-state index is 12.6. The molecule has 9 heteroatoms.